The highest BCUT2D eigenvalue weighted by atomic mass is 32.2. The van der Waals surface area contributed by atoms with Gasteiger partial charge in [-0.2, -0.15) is 11.8 Å². The predicted molar refractivity (Wildman–Crippen MR) is 267 cm³/mol. The van der Waals surface area contributed by atoms with Gasteiger partial charge in [0, 0.05) is 24.7 Å². The van der Waals surface area contributed by atoms with Crippen LogP contribution in [-0.2, 0) is 60.8 Å². The minimum Gasteiger partial charge on any atom is -0.480 e. The number of nitrogens with zero attached hydrogens (tertiary/aromatic N) is 1. The van der Waals surface area contributed by atoms with Crippen molar-refractivity contribution in [2.24, 2.45) is 29.2 Å². The first kappa shape index (κ1) is 61.5. The number of carboxylic acid groups (broad SMARTS) is 1. The molecule has 9 amide bonds. The Kier molecular flexibility index (Phi) is 27.1. The highest BCUT2D eigenvalue weighted by Gasteiger charge is 2.36. The molecule has 0 aliphatic carbocycles. The van der Waals surface area contributed by atoms with Crippen LogP contribution in [0.2, 0.25) is 0 Å². The molecule has 24 nitrogen and oxygen atoms in total. The molecule has 0 saturated carbocycles. The number of thioether (sulfide) groups is 1. The largest absolute Gasteiger partial charge is 0.480 e. The van der Waals surface area contributed by atoms with E-state index < -0.39 is 139 Å². The maximum atomic E-state index is 13.9. The summed E-state index contributed by atoms with van der Waals surface area (Å²) in [7, 11) is 0. The van der Waals surface area contributed by atoms with E-state index >= 15 is 0 Å². The molecule has 1 aromatic heterocycles. The first-order valence-corrected chi connectivity index (χ1v) is 25.2. The van der Waals surface area contributed by atoms with Gasteiger partial charge in [-0.1, -0.05) is 84.7 Å². The van der Waals surface area contributed by atoms with Gasteiger partial charge in [-0.15, -0.1) is 0 Å². The van der Waals surface area contributed by atoms with Crippen molar-refractivity contribution in [1.29, 1.82) is 0 Å². The van der Waals surface area contributed by atoms with E-state index in [1.165, 1.54) is 24.3 Å². The van der Waals surface area contributed by atoms with E-state index in [9.17, 15) is 58.2 Å². The van der Waals surface area contributed by atoms with E-state index in [4.69, 9.17) is 11.5 Å². The van der Waals surface area contributed by atoms with Crippen LogP contribution in [0.15, 0.2) is 42.9 Å². The van der Waals surface area contributed by atoms with Crippen LogP contribution in [0, 0.1) is 17.8 Å². The summed E-state index contributed by atoms with van der Waals surface area (Å²) in [4.78, 5) is 139. The first-order chi connectivity index (χ1) is 34.0. The van der Waals surface area contributed by atoms with Crippen LogP contribution in [0.1, 0.15) is 84.9 Å². The maximum absolute atomic E-state index is 13.9. The number of aliphatic carboxylic acids is 1. The zero-order chi connectivity index (χ0) is 54.1. The SMILES string of the molecule is CC[C@H](C)[C@H](NC(=O)CNC(=O)[C@H](CCSC)NC(=O)[C@H](CC(N)=O)NC(=O)[C@@H](NC(=O)[C@H](CO)NC(=O)[C@@H](N)Cc1cnc[nH]1)[C@@H](C)CC)C(=O)N[C@@H](Cc1ccccc1)C(=O)N[C@@H](CC(C)C)C(=O)O. The van der Waals surface area contributed by atoms with E-state index in [-0.39, 0.29) is 31.6 Å². The van der Waals surface area contributed by atoms with Crippen molar-refractivity contribution in [1.82, 2.24) is 52.5 Å². The Balaban J connectivity index is 2.22. The topological polar surface area (TPSA) is 388 Å². The van der Waals surface area contributed by atoms with Gasteiger partial charge in [-0.3, -0.25) is 43.2 Å². The normalized spacial score (nSPS) is 15.3. The summed E-state index contributed by atoms with van der Waals surface area (Å²) < 4.78 is 0. The Morgan fingerprint density at radius 1 is 0.681 bits per heavy atom. The lowest BCUT2D eigenvalue weighted by Crippen LogP contribution is -2.61. The summed E-state index contributed by atoms with van der Waals surface area (Å²) >= 11 is 1.33. The van der Waals surface area contributed by atoms with Crippen LogP contribution in [0.25, 0.3) is 0 Å². The number of hydrogen-bond donors (Lipinski definition) is 13. The number of aliphatic hydroxyl groups excluding tert-OH is 1. The number of aromatic amines is 1. The number of hydrogen-bond acceptors (Lipinski definition) is 14. The minimum absolute atomic E-state index is 0.00239. The molecule has 0 aliphatic rings. The molecular formula is C47H74N12O12S. The second-order valence-electron chi connectivity index (χ2n) is 18.0. The Bertz CT molecular complexity index is 2120. The van der Waals surface area contributed by atoms with Gasteiger partial charge >= 0.3 is 5.97 Å². The van der Waals surface area contributed by atoms with E-state index in [1.54, 1.807) is 78.1 Å². The zero-order valence-electron chi connectivity index (χ0n) is 42.0. The fourth-order valence-electron chi connectivity index (χ4n) is 7.11. The molecule has 0 saturated heterocycles. The number of carbonyl (C=O) groups excluding carboxylic acids is 9. The molecule has 25 heteroatoms. The molecule has 0 unspecified atom stereocenters. The zero-order valence-corrected chi connectivity index (χ0v) is 42.8. The number of amides is 9. The smallest absolute Gasteiger partial charge is 0.326 e. The Labute approximate surface area is 423 Å². The summed E-state index contributed by atoms with van der Waals surface area (Å²) in [6.45, 7) is 8.89. The Hall–Kier alpha value is -6.60. The van der Waals surface area contributed by atoms with Gasteiger partial charge in [0.05, 0.1) is 31.9 Å². The summed E-state index contributed by atoms with van der Waals surface area (Å²) in [6.07, 6.45) is 4.81. The number of imidazole rings is 1. The van der Waals surface area contributed by atoms with Gasteiger partial charge in [0.15, 0.2) is 0 Å². The first-order valence-electron chi connectivity index (χ1n) is 23.8. The second-order valence-corrected chi connectivity index (χ2v) is 19.0. The number of rotatable bonds is 33. The molecule has 72 heavy (non-hydrogen) atoms. The van der Waals surface area contributed by atoms with Gasteiger partial charge in [0.1, 0.15) is 42.3 Å². The molecule has 2 rings (SSSR count). The molecule has 10 atom stereocenters. The molecule has 0 radical (unpaired) electrons. The summed E-state index contributed by atoms with van der Waals surface area (Å²) in [5, 5.41) is 39.9. The van der Waals surface area contributed by atoms with Crippen molar-refractivity contribution in [3.63, 3.8) is 0 Å². The third-order valence-electron chi connectivity index (χ3n) is 11.7. The maximum Gasteiger partial charge on any atom is 0.326 e. The molecular weight excluding hydrogens is 957 g/mol. The number of nitrogens with two attached hydrogens (primary N) is 2. The minimum atomic E-state index is -1.66. The average Bonchev–Trinajstić information content (AvgIpc) is 3.86. The third kappa shape index (κ3) is 21.4. The van der Waals surface area contributed by atoms with Crippen LogP contribution in [0.5, 0.6) is 0 Å². The summed E-state index contributed by atoms with van der Waals surface area (Å²) in [5.74, 6) is -9.83. The summed E-state index contributed by atoms with van der Waals surface area (Å²) in [5.41, 5.74) is 12.7. The quantitative estimate of drug-likeness (QED) is 0.0364. The molecule has 400 valence electrons. The number of nitrogens with one attached hydrogen (secondary N) is 9. The fourth-order valence-corrected chi connectivity index (χ4v) is 7.58. The average molecular weight is 1030 g/mol. The number of carbonyl (C=O) groups is 10. The van der Waals surface area contributed by atoms with E-state index in [0.29, 0.717) is 29.9 Å². The number of aromatic nitrogens is 2. The third-order valence-corrected chi connectivity index (χ3v) is 12.3. The molecule has 0 spiro atoms. The van der Waals surface area contributed by atoms with Crippen molar-refractivity contribution in [2.75, 3.05) is 25.2 Å². The predicted octanol–water partition coefficient (Wildman–Crippen LogP) is -2.12. The number of H-pyrrole nitrogens is 1. The fraction of sp³-hybridized carbons (Fsp3) is 0.596. The van der Waals surface area contributed by atoms with Gasteiger partial charge in [-0.05, 0) is 48.2 Å². The van der Waals surface area contributed by atoms with Gasteiger partial charge in [0.25, 0.3) is 0 Å². The van der Waals surface area contributed by atoms with E-state index in [1.807, 2.05) is 0 Å². The lowest BCUT2D eigenvalue weighted by molar-refractivity contribution is -0.143. The standard InChI is InChI=1S/C47H74N12O12S/c1-8-26(5)38(45(68)54-32(18-28-13-11-10-12-14-28)42(65)56-34(47(70)71)17-25(3)4)58-37(62)22-51-41(64)31(15-16-72-7)53-43(66)33(20-36(49)61)55-46(69)39(27(6)9-2)59-44(67)35(23-60)57-40(63)30(48)19-29-21-50-24-52-29/h10-14,21,24-27,30-35,38-39,60H,8-9,15-20,22-23,48H2,1-7H3,(H2,49,61)(H,50,52)(H,51,64)(H,53,66)(H,54,68)(H,55,69)(H,56,65)(H,57,63)(H,58,62)(H,59,67)(H,70,71)/t26-,27-,30-,31-,32-,33-,34-,35-,38-,39-/m0/s1. The highest BCUT2D eigenvalue weighted by Crippen LogP contribution is 2.13. The van der Waals surface area contributed by atoms with Crippen LogP contribution in [0.3, 0.4) is 0 Å². The molecule has 0 fully saturated rings. The van der Waals surface area contributed by atoms with Gasteiger partial charge < -0.3 is 69.2 Å². The Morgan fingerprint density at radius 2 is 1.22 bits per heavy atom. The van der Waals surface area contributed by atoms with E-state index in [0.717, 1.165) is 0 Å². The number of aliphatic hydroxyl groups is 1. The number of benzene rings is 1. The van der Waals surface area contributed by atoms with Crippen LogP contribution < -0.4 is 54.0 Å². The molecule has 0 aliphatic heterocycles. The molecule has 15 N–H and O–H groups in total. The van der Waals surface area contributed by atoms with Crippen LogP contribution >= 0.6 is 11.8 Å². The van der Waals surface area contributed by atoms with E-state index in [2.05, 4.69) is 52.5 Å². The Morgan fingerprint density at radius 3 is 1.75 bits per heavy atom. The number of primary amides is 1. The van der Waals surface area contributed by atoms with Gasteiger partial charge in [-0.25, -0.2) is 9.78 Å². The molecule has 2 aromatic rings. The summed E-state index contributed by atoms with van der Waals surface area (Å²) in [6, 6.07) is -1.93. The van der Waals surface area contributed by atoms with Crippen molar-refractivity contribution in [3.05, 3.63) is 54.1 Å². The molecule has 1 aromatic carbocycles. The number of carboxylic acids is 1. The molecule has 0 bridgehead atoms. The lowest BCUT2D eigenvalue weighted by Gasteiger charge is -2.28. The lowest BCUT2D eigenvalue weighted by atomic mass is 9.97. The second kappa shape index (κ2) is 31.7. The van der Waals surface area contributed by atoms with Gasteiger partial charge in [0.2, 0.25) is 53.2 Å². The van der Waals surface area contributed by atoms with Crippen molar-refractivity contribution < 1.29 is 58.2 Å². The van der Waals surface area contributed by atoms with Crippen molar-refractivity contribution in [3.8, 4) is 0 Å². The van der Waals surface area contributed by atoms with Crippen molar-refractivity contribution >= 4 is 70.9 Å². The van der Waals surface area contributed by atoms with Crippen molar-refractivity contribution in [2.45, 2.75) is 135 Å². The van der Waals surface area contributed by atoms with Crippen LogP contribution in [0.4, 0.5) is 0 Å². The highest BCUT2D eigenvalue weighted by molar-refractivity contribution is 7.98. The van der Waals surface area contributed by atoms with Crippen LogP contribution in [-0.4, -0.2) is 153 Å². The molecule has 1 heterocycles. The monoisotopic (exact) mass is 1030 g/mol.